The van der Waals surface area contributed by atoms with E-state index in [9.17, 15) is 4.79 Å². The molecule has 132 valence electrons. The van der Waals surface area contributed by atoms with Crippen LogP contribution in [0.1, 0.15) is 0 Å². The first-order chi connectivity index (χ1) is 12.8. The van der Waals surface area contributed by atoms with Gasteiger partial charge < -0.3 is 19.4 Å². The van der Waals surface area contributed by atoms with Crippen LogP contribution in [-0.2, 0) is 11.3 Å². The SMILES string of the molecule is O=C(NCCn1ccnc1-c1ccccn1)[C@H]1COc2ccccc2O1. The highest BCUT2D eigenvalue weighted by atomic mass is 16.6. The van der Waals surface area contributed by atoms with Gasteiger partial charge in [-0.15, -0.1) is 0 Å². The van der Waals surface area contributed by atoms with Crippen LogP contribution in [0, 0.1) is 0 Å². The Bertz CT molecular complexity index is 895. The fourth-order valence-corrected chi connectivity index (χ4v) is 2.78. The van der Waals surface area contributed by atoms with Crippen LogP contribution >= 0.6 is 0 Å². The van der Waals surface area contributed by atoms with Crippen molar-refractivity contribution < 1.29 is 14.3 Å². The molecule has 2 aromatic heterocycles. The number of nitrogens with zero attached hydrogens (tertiary/aromatic N) is 3. The van der Waals surface area contributed by atoms with Crippen LogP contribution in [0.5, 0.6) is 11.5 Å². The third-order valence-corrected chi connectivity index (χ3v) is 4.06. The maximum Gasteiger partial charge on any atom is 0.264 e. The molecular weight excluding hydrogens is 332 g/mol. The second-order valence-electron chi connectivity index (χ2n) is 5.81. The van der Waals surface area contributed by atoms with Crippen LogP contribution in [-0.4, -0.2) is 39.7 Å². The molecule has 26 heavy (non-hydrogen) atoms. The van der Waals surface area contributed by atoms with E-state index in [0.717, 1.165) is 11.5 Å². The van der Waals surface area contributed by atoms with Gasteiger partial charge in [0.1, 0.15) is 12.3 Å². The number of aromatic nitrogens is 3. The number of benzene rings is 1. The summed E-state index contributed by atoms with van der Waals surface area (Å²) in [5.41, 5.74) is 0.796. The molecule has 7 nitrogen and oxygen atoms in total. The van der Waals surface area contributed by atoms with E-state index in [1.165, 1.54) is 0 Å². The molecule has 1 atom stereocenters. The normalized spacial score (nSPS) is 15.5. The number of nitrogens with one attached hydrogen (secondary N) is 1. The number of amides is 1. The molecule has 0 unspecified atom stereocenters. The fourth-order valence-electron chi connectivity index (χ4n) is 2.78. The Morgan fingerprint density at radius 2 is 1.96 bits per heavy atom. The number of carbonyl (C=O) groups is 1. The predicted molar refractivity (Wildman–Crippen MR) is 94.8 cm³/mol. The van der Waals surface area contributed by atoms with E-state index in [2.05, 4.69) is 15.3 Å². The molecule has 3 heterocycles. The first kappa shape index (κ1) is 16.1. The molecule has 3 aromatic rings. The highest BCUT2D eigenvalue weighted by molar-refractivity contribution is 5.81. The number of carbonyl (C=O) groups excluding carboxylic acids is 1. The minimum Gasteiger partial charge on any atom is -0.485 e. The van der Waals surface area contributed by atoms with Crippen LogP contribution < -0.4 is 14.8 Å². The molecule has 0 fully saturated rings. The number of rotatable bonds is 5. The summed E-state index contributed by atoms with van der Waals surface area (Å²) in [5, 5.41) is 2.89. The minimum atomic E-state index is -0.650. The summed E-state index contributed by atoms with van der Waals surface area (Å²) < 4.78 is 13.2. The molecule has 0 saturated heterocycles. The van der Waals surface area contributed by atoms with Crippen molar-refractivity contribution in [1.29, 1.82) is 0 Å². The molecular formula is C19H18N4O3. The number of fused-ring (bicyclic) bond motifs is 1. The number of imidazole rings is 1. The summed E-state index contributed by atoms with van der Waals surface area (Å²) in [4.78, 5) is 21.0. The number of ether oxygens (including phenoxy) is 2. The van der Waals surface area contributed by atoms with Gasteiger partial charge in [0.25, 0.3) is 5.91 Å². The smallest absolute Gasteiger partial charge is 0.264 e. The molecule has 0 saturated carbocycles. The lowest BCUT2D eigenvalue weighted by Gasteiger charge is -2.25. The molecule has 1 aliphatic rings. The molecule has 4 rings (SSSR count). The maximum atomic E-state index is 12.3. The lowest BCUT2D eigenvalue weighted by Crippen LogP contribution is -2.44. The first-order valence-electron chi connectivity index (χ1n) is 8.40. The van der Waals surface area contributed by atoms with Gasteiger partial charge in [-0.1, -0.05) is 18.2 Å². The zero-order valence-electron chi connectivity index (χ0n) is 14.0. The minimum absolute atomic E-state index is 0.195. The van der Waals surface area contributed by atoms with Crippen molar-refractivity contribution in [2.75, 3.05) is 13.2 Å². The lowest BCUT2D eigenvalue weighted by molar-refractivity contribution is -0.130. The predicted octanol–water partition coefficient (Wildman–Crippen LogP) is 1.90. The standard InChI is InChI=1S/C19H18N4O3/c24-19(17-13-25-15-6-1-2-7-16(15)26-17)22-10-12-23-11-9-21-18(23)14-5-3-4-8-20-14/h1-9,11,17H,10,12-13H2,(H,22,24)/t17-/m1/s1. The van der Waals surface area contributed by atoms with Crippen LogP contribution in [0.2, 0.25) is 0 Å². The molecule has 7 heteroatoms. The summed E-state index contributed by atoms with van der Waals surface area (Å²) in [5.74, 6) is 1.82. The van der Waals surface area contributed by atoms with Crippen molar-refractivity contribution in [2.24, 2.45) is 0 Å². The molecule has 1 aliphatic heterocycles. The van der Waals surface area contributed by atoms with E-state index < -0.39 is 6.10 Å². The van der Waals surface area contributed by atoms with Crippen molar-refractivity contribution in [3.8, 4) is 23.0 Å². The van der Waals surface area contributed by atoms with Crippen molar-refractivity contribution >= 4 is 5.91 Å². The number of hydrogen-bond acceptors (Lipinski definition) is 5. The van der Waals surface area contributed by atoms with Crippen molar-refractivity contribution in [2.45, 2.75) is 12.6 Å². The molecule has 0 aliphatic carbocycles. The Labute approximate surface area is 150 Å². The second-order valence-corrected chi connectivity index (χ2v) is 5.81. The summed E-state index contributed by atoms with van der Waals surface area (Å²) in [6.07, 6.45) is 4.67. The summed E-state index contributed by atoms with van der Waals surface area (Å²) in [7, 11) is 0. The summed E-state index contributed by atoms with van der Waals surface area (Å²) >= 11 is 0. The third kappa shape index (κ3) is 3.37. The highest BCUT2D eigenvalue weighted by Crippen LogP contribution is 2.30. The Balaban J connectivity index is 1.33. The highest BCUT2D eigenvalue weighted by Gasteiger charge is 2.26. The molecule has 0 spiro atoms. The molecule has 0 bridgehead atoms. The topological polar surface area (TPSA) is 78.3 Å². The Kier molecular flexibility index (Phi) is 4.51. The van der Waals surface area contributed by atoms with Gasteiger partial charge in [0, 0.05) is 31.7 Å². The maximum absolute atomic E-state index is 12.3. The largest absolute Gasteiger partial charge is 0.485 e. The fraction of sp³-hybridized carbons (Fsp3) is 0.211. The van der Waals surface area contributed by atoms with Crippen LogP contribution in [0.15, 0.2) is 61.1 Å². The van der Waals surface area contributed by atoms with Crippen LogP contribution in [0.25, 0.3) is 11.5 Å². The Morgan fingerprint density at radius 3 is 2.81 bits per heavy atom. The summed E-state index contributed by atoms with van der Waals surface area (Å²) in [6, 6.07) is 13.0. The second kappa shape index (κ2) is 7.26. The average Bonchev–Trinajstić information content (AvgIpc) is 3.17. The van der Waals surface area contributed by atoms with E-state index in [0.29, 0.717) is 24.6 Å². The van der Waals surface area contributed by atoms with Crippen molar-refractivity contribution in [3.05, 3.63) is 61.1 Å². The van der Waals surface area contributed by atoms with Gasteiger partial charge in [0.15, 0.2) is 17.3 Å². The zero-order valence-corrected chi connectivity index (χ0v) is 14.0. The zero-order chi connectivity index (χ0) is 17.8. The van der Waals surface area contributed by atoms with Gasteiger partial charge in [-0.2, -0.15) is 0 Å². The Morgan fingerprint density at radius 1 is 1.12 bits per heavy atom. The van der Waals surface area contributed by atoms with Gasteiger partial charge in [0.2, 0.25) is 6.10 Å². The van der Waals surface area contributed by atoms with Gasteiger partial charge in [0.05, 0.1) is 0 Å². The number of pyridine rings is 1. The van der Waals surface area contributed by atoms with E-state index in [-0.39, 0.29) is 12.5 Å². The molecule has 0 radical (unpaired) electrons. The molecule has 1 N–H and O–H groups in total. The average molecular weight is 350 g/mol. The van der Waals surface area contributed by atoms with E-state index in [1.54, 1.807) is 18.5 Å². The van der Waals surface area contributed by atoms with E-state index >= 15 is 0 Å². The van der Waals surface area contributed by atoms with Gasteiger partial charge in [-0.05, 0) is 24.3 Å². The molecule has 1 amide bonds. The van der Waals surface area contributed by atoms with Gasteiger partial charge in [-0.3, -0.25) is 9.78 Å². The number of hydrogen-bond donors (Lipinski definition) is 1. The molecule has 1 aromatic carbocycles. The lowest BCUT2D eigenvalue weighted by atomic mass is 10.2. The van der Waals surface area contributed by atoms with Crippen LogP contribution in [0.3, 0.4) is 0 Å². The van der Waals surface area contributed by atoms with Crippen LogP contribution in [0.4, 0.5) is 0 Å². The van der Waals surface area contributed by atoms with Gasteiger partial charge >= 0.3 is 0 Å². The van der Waals surface area contributed by atoms with Crippen molar-refractivity contribution in [1.82, 2.24) is 19.9 Å². The van der Waals surface area contributed by atoms with E-state index in [1.807, 2.05) is 47.2 Å². The third-order valence-electron chi connectivity index (χ3n) is 4.06. The van der Waals surface area contributed by atoms with Gasteiger partial charge in [-0.25, -0.2) is 4.98 Å². The summed E-state index contributed by atoms with van der Waals surface area (Å²) in [6.45, 7) is 1.24. The van der Waals surface area contributed by atoms with Crippen molar-refractivity contribution in [3.63, 3.8) is 0 Å². The monoisotopic (exact) mass is 350 g/mol. The number of para-hydroxylation sites is 2. The van der Waals surface area contributed by atoms with E-state index in [4.69, 9.17) is 9.47 Å². The first-order valence-corrected chi connectivity index (χ1v) is 8.40. The quantitative estimate of drug-likeness (QED) is 0.760. The Hall–Kier alpha value is -3.35.